The zero-order chi connectivity index (χ0) is 21.1. The van der Waals surface area contributed by atoms with Crippen molar-refractivity contribution in [3.8, 4) is 5.75 Å². The first-order chi connectivity index (χ1) is 14.6. The molecule has 0 saturated carbocycles. The summed E-state index contributed by atoms with van der Waals surface area (Å²) in [7, 11) is 1.60. The predicted octanol–water partition coefficient (Wildman–Crippen LogP) is 3.34. The second-order valence-electron chi connectivity index (χ2n) is 7.83. The van der Waals surface area contributed by atoms with Gasteiger partial charge in [-0.1, -0.05) is 0 Å². The van der Waals surface area contributed by atoms with E-state index in [9.17, 15) is 14.4 Å². The number of piperidine rings is 1. The number of thioether (sulfide) groups is 1. The molecule has 7 nitrogen and oxygen atoms in total. The fraction of sp³-hybridized carbons (Fsp3) is 0.500. The number of hydrogen-bond acceptors (Lipinski definition) is 6. The van der Waals surface area contributed by atoms with E-state index in [0.717, 1.165) is 60.3 Å². The van der Waals surface area contributed by atoms with E-state index in [1.165, 1.54) is 12.8 Å². The number of carbonyl (C=O) groups is 3. The fourth-order valence-electron chi connectivity index (χ4n) is 4.15. The minimum absolute atomic E-state index is 0.161. The molecule has 0 atom stereocenters. The third kappa shape index (κ3) is 4.33. The molecule has 3 aliphatic heterocycles. The van der Waals surface area contributed by atoms with Crippen LogP contribution in [-0.4, -0.2) is 66.7 Å². The Morgan fingerprint density at radius 1 is 1.07 bits per heavy atom. The number of carbonyl (C=O) groups excluding carboxylic acids is 3. The number of nitrogens with zero attached hydrogens (tertiary/aromatic N) is 3. The van der Waals surface area contributed by atoms with Crippen molar-refractivity contribution in [3.63, 3.8) is 0 Å². The monoisotopic (exact) mass is 429 g/mol. The highest BCUT2D eigenvalue weighted by molar-refractivity contribution is 8.18. The van der Waals surface area contributed by atoms with Crippen LogP contribution >= 0.6 is 11.8 Å². The molecule has 3 amide bonds. The van der Waals surface area contributed by atoms with E-state index in [2.05, 4.69) is 4.90 Å². The number of methoxy groups -OCH3 is 1. The second-order valence-corrected chi connectivity index (χ2v) is 8.82. The van der Waals surface area contributed by atoms with Crippen molar-refractivity contribution in [3.05, 3.63) is 28.7 Å². The van der Waals surface area contributed by atoms with Gasteiger partial charge in [-0.25, -0.2) is 0 Å². The normalized spacial score (nSPS) is 21.1. The van der Waals surface area contributed by atoms with Crippen molar-refractivity contribution in [2.75, 3.05) is 44.7 Å². The Balaban J connectivity index is 1.49. The topological polar surface area (TPSA) is 70.2 Å². The summed E-state index contributed by atoms with van der Waals surface area (Å²) < 4.78 is 5.54. The summed E-state index contributed by atoms with van der Waals surface area (Å²) in [5, 5.41) is -0.399. The Hall–Kier alpha value is -2.48. The number of benzene rings is 1. The number of imide groups is 1. The number of rotatable bonds is 5. The van der Waals surface area contributed by atoms with Crippen LogP contribution in [0.2, 0.25) is 0 Å². The molecule has 0 radical (unpaired) electrons. The minimum atomic E-state index is -0.416. The predicted molar refractivity (Wildman–Crippen MR) is 118 cm³/mol. The lowest BCUT2D eigenvalue weighted by atomic mass is 10.1. The van der Waals surface area contributed by atoms with E-state index in [4.69, 9.17) is 4.74 Å². The van der Waals surface area contributed by atoms with Gasteiger partial charge >= 0.3 is 0 Å². The quantitative estimate of drug-likeness (QED) is 0.669. The van der Waals surface area contributed by atoms with Gasteiger partial charge in [-0.3, -0.25) is 19.3 Å². The molecular formula is C22H27N3O4S. The van der Waals surface area contributed by atoms with Gasteiger partial charge in [-0.15, -0.1) is 0 Å². The zero-order valence-corrected chi connectivity index (χ0v) is 18.1. The van der Waals surface area contributed by atoms with Gasteiger partial charge in [-0.05, 0) is 62.1 Å². The molecule has 3 fully saturated rings. The van der Waals surface area contributed by atoms with Crippen molar-refractivity contribution in [1.82, 2.24) is 9.80 Å². The molecular weight excluding hydrogens is 402 g/mol. The van der Waals surface area contributed by atoms with Crippen LogP contribution in [-0.2, 0) is 9.59 Å². The Morgan fingerprint density at radius 3 is 2.47 bits per heavy atom. The molecule has 3 saturated heterocycles. The molecule has 8 heteroatoms. The molecule has 1 aromatic carbocycles. The smallest absolute Gasteiger partial charge is 0.294 e. The van der Waals surface area contributed by atoms with Gasteiger partial charge < -0.3 is 14.5 Å². The van der Waals surface area contributed by atoms with Crippen molar-refractivity contribution >= 4 is 40.6 Å². The van der Waals surface area contributed by atoms with Gasteiger partial charge in [0.25, 0.3) is 11.1 Å². The summed E-state index contributed by atoms with van der Waals surface area (Å²) in [5.74, 6) is 0.0856. The average Bonchev–Trinajstić information content (AvgIpc) is 3.39. The van der Waals surface area contributed by atoms with Crippen molar-refractivity contribution in [2.24, 2.45) is 0 Å². The Kier molecular flexibility index (Phi) is 6.32. The first-order valence-corrected chi connectivity index (χ1v) is 11.3. The lowest BCUT2D eigenvalue weighted by molar-refractivity contribution is -0.136. The van der Waals surface area contributed by atoms with Gasteiger partial charge in [0.2, 0.25) is 5.91 Å². The van der Waals surface area contributed by atoms with E-state index in [-0.39, 0.29) is 12.5 Å². The van der Waals surface area contributed by atoms with Crippen LogP contribution in [0.25, 0.3) is 6.08 Å². The van der Waals surface area contributed by atoms with Gasteiger partial charge in [0.15, 0.2) is 0 Å². The number of anilines is 1. The molecule has 3 aliphatic rings. The van der Waals surface area contributed by atoms with Gasteiger partial charge in [-0.2, -0.15) is 0 Å². The van der Waals surface area contributed by atoms with Crippen LogP contribution in [0.3, 0.4) is 0 Å². The summed E-state index contributed by atoms with van der Waals surface area (Å²) in [5.41, 5.74) is 1.84. The second kappa shape index (κ2) is 9.12. The van der Waals surface area contributed by atoms with Gasteiger partial charge in [0, 0.05) is 43.5 Å². The van der Waals surface area contributed by atoms with Crippen LogP contribution < -0.4 is 9.64 Å². The molecule has 0 unspecified atom stereocenters. The number of ether oxygens (including phenoxy) is 1. The van der Waals surface area contributed by atoms with Crippen LogP contribution in [0.15, 0.2) is 23.1 Å². The van der Waals surface area contributed by atoms with Gasteiger partial charge in [0.1, 0.15) is 12.3 Å². The minimum Gasteiger partial charge on any atom is -0.496 e. The fourth-order valence-corrected chi connectivity index (χ4v) is 4.98. The molecule has 160 valence electrons. The lowest BCUT2D eigenvalue weighted by Crippen LogP contribution is -2.44. The molecule has 0 N–H and O–H groups in total. The zero-order valence-electron chi connectivity index (χ0n) is 17.3. The van der Waals surface area contributed by atoms with Crippen LogP contribution in [0.1, 0.15) is 37.7 Å². The molecule has 0 spiro atoms. The molecule has 0 aromatic heterocycles. The van der Waals surface area contributed by atoms with E-state index in [1.54, 1.807) is 18.1 Å². The summed E-state index contributed by atoms with van der Waals surface area (Å²) in [6.45, 7) is 3.28. The third-order valence-electron chi connectivity index (χ3n) is 5.85. The van der Waals surface area contributed by atoms with Crippen LogP contribution in [0.4, 0.5) is 10.5 Å². The van der Waals surface area contributed by atoms with E-state index in [1.807, 2.05) is 18.2 Å². The highest BCUT2D eigenvalue weighted by Crippen LogP contribution is 2.35. The van der Waals surface area contributed by atoms with Crippen LogP contribution in [0, 0.1) is 0 Å². The van der Waals surface area contributed by atoms with Crippen molar-refractivity contribution < 1.29 is 19.1 Å². The van der Waals surface area contributed by atoms with E-state index in [0.29, 0.717) is 23.7 Å². The number of amides is 3. The molecule has 0 bridgehead atoms. The molecule has 1 aromatic rings. The van der Waals surface area contributed by atoms with Crippen molar-refractivity contribution in [1.29, 1.82) is 0 Å². The average molecular weight is 430 g/mol. The van der Waals surface area contributed by atoms with Crippen molar-refractivity contribution in [2.45, 2.75) is 32.1 Å². The first-order valence-electron chi connectivity index (χ1n) is 10.5. The van der Waals surface area contributed by atoms with E-state index < -0.39 is 11.1 Å². The molecule has 4 rings (SSSR count). The summed E-state index contributed by atoms with van der Waals surface area (Å²) in [4.78, 5) is 43.1. The standard InChI is InChI=1S/C22H27N3O4S/c1-29-18-14-17(23-9-5-6-10-23)8-7-16(18)13-19-21(27)25(22(28)30-19)15-20(26)24-11-3-2-4-12-24/h7-8,13-14H,2-6,9-12,15H2,1H3/b19-13-. The maximum atomic E-state index is 12.8. The van der Waals surface area contributed by atoms with Crippen LogP contribution in [0.5, 0.6) is 5.75 Å². The Morgan fingerprint density at radius 2 is 1.77 bits per heavy atom. The summed E-state index contributed by atoms with van der Waals surface area (Å²) >= 11 is 0.876. The molecule has 0 aliphatic carbocycles. The highest BCUT2D eigenvalue weighted by Gasteiger charge is 2.37. The number of likely N-dealkylation sites (tertiary alicyclic amines) is 1. The first kappa shape index (κ1) is 20.8. The summed E-state index contributed by atoms with van der Waals surface area (Å²) in [6.07, 6.45) is 7.12. The third-order valence-corrected chi connectivity index (χ3v) is 6.76. The SMILES string of the molecule is COc1cc(N2CCCC2)ccc1/C=C1\SC(=O)N(CC(=O)N2CCCCC2)C1=O. The lowest BCUT2D eigenvalue weighted by Gasteiger charge is -2.27. The largest absolute Gasteiger partial charge is 0.496 e. The Bertz CT molecular complexity index is 873. The van der Waals surface area contributed by atoms with Gasteiger partial charge in [0.05, 0.1) is 12.0 Å². The Labute approximate surface area is 181 Å². The summed E-state index contributed by atoms with van der Waals surface area (Å²) in [6, 6.07) is 5.91. The van der Waals surface area contributed by atoms with E-state index >= 15 is 0 Å². The maximum absolute atomic E-state index is 12.8. The maximum Gasteiger partial charge on any atom is 0.294 e. The molecule has 30 heavy (non-hydrogen) atoms. The highest BCUT2D eigenvalue weighted by atomic mass is 32.2. The number of hydrogen-bond donors (Lipinski definition) is 0. The molecule has 3 heterocycles.